The van der Waals surface area contributed by atoms with E-state index in [1.54, 1.807) is 0 Å². The van der Waals surface area contributed by atoms with Gasteiger partial charge in [0.2, 0.25) is 0 Å². The van der Waals surface area contributed by atoms with Crippen molar-refractivity contribution in [3.63, 3.8) is 0 Å². The predicted octanol–water partition coefficient (Wildman–Crippen LogP) is 2.04. The Balaban J connectivity index is 1.88. The fourth-order valence-electron chi connectivity index (χ4n) is 2.23. The molecule has 0 amide bonds. The fraction of sp³-hybridized carbons (Fsp3) is 0.571. The highest BCUT2D eigenvalue weighted by atomic mass is 15.2. The summed E-state index contributed by atoms with van der Waals surface area (Å²) in [5, 5.41) is 3.38. The molecule has 0 aliphatic carbocycles. The lowest BCUT2D eigenvalue weighted by Gasteiger charge is -2.27. The molecule has 0 atom stereocenters. The van der Waals surface area contributed by atoms with Crippen LogP contribution in [0.2, 0.25) is 0 Å². The van der Waals surface area contributed by atoms with Crippen LogP contribution in [-0.2, 0) is 13.0 Å². The molecule has 2 heteroatoms. The molecule has 2 rings (SSSR count). The van der Waals surface area contributed by atoms with Crippen LogP contribution in [0.5, 0.6) is 0 Å². The summed E-state index contributed by atoms with van der Waals surface area (Å²) in [7, 11) is 0. The molecule has 1 fully saturated rings. The maximum atomic E-state index is 3.38. The summed E-state index contributed by atoms with van der Waals surface area (Å²) in [6.45, 7) is 7.96. The van der Waals surface area contributed by atoms with Crippen molar-refractivity contribution in [2.75, 3.05) is 26.2 Å². The monoisotopic (exact) mass is 218 g/mol. The van der Waals surface area contributed by atoms with Crippen molar-refractivity contribution in [1.82, 2.24) is 10.2 Å². The van der Waals surface area contributed by atoms with E-state index in [-0.39, 0.29) is 0 Å². The number of benzene rings is 1. The van der Waals surface area contributed by atoms with Crippen LogP contribution in [0.25, 0.3) is 0 Å². The molecule has 0 radical (unpaired) electrons. The third-order valence-corrected chi connectivity index (χ3v) is 3.18. The molecule has 1 aliphatic heterocycles. The van der Waals surface area contributed by atoms with Gasteiger partial charge in [0.25, 0.3) is 0 Å². The van der Waals surface area contributed by atoms with Crippen molar-refractivity contribution < 1.29 is 0 Å². The van der Waals surface area contributed by atoms with Crippen LogP contribution in [0.3, 0.4) is 0 Å². The normalized spacial score (nSPS) is 17.6. The van der Waals surface area contributed by atoms with Gasteiger partial charge in [-0.25, -0.2) is 0 Å². The van der Waals surface area contributed by atoms with Crippen LogP contribution < -0.4 is 5.32 Å². The molecular weight excluding hydrogens is 196 g/mol. The Kier molecular flexibility index (Phi) is 4.37. The third kappa shape index (κ3) is 3.32. The molecule has 0 unspecified atom stereocenters. The smallest absolute Gasteiger partial charge is 0.0234 e. The van der Waals surface area contributed by atoms with Gasteiger partial charge >= 0.3 is 0 Å². The second kappa shape index (κ2) is 6.02. The summed E-state index contributed by atoms with van der Waals surface area (Å²) < 4.78 is 0. The van der Waals surface area contributed by atoms with Crippen LogP contribution in [0.4, 0.5) is 0 Å². The van der Waals surface area contributed by atoms with Gasteiger partial charge in [0.1, 0.15) is 0 Å². The Labute approximate surface area is 98.7 Å². The Bertz CT molecular complexity index is 299. The van der Waals surface area contributed by atoms with Gasteiger partial charge in [-0.1, -0.05) is 37.6 Å². The van der Waals surface area contributed by atoms with Gasteiger partial charge in [-0.05, 0) is 17.5 Å². The summed E-state index contributed by atoms with van der Waals surface area (Å²) in [5.74, 6) is 0. The highest BCUT2D eigenvalue weighted by Gasteiger charge is 2.09. The third-order valence-electron chi connectivity index (χ3n) is 3.18. The average molecular weight is 218 g/mol. The first-order valence-electron chi connectivity index (χ1n) is 6.39. The first-order valence-corrected chi connectivity index (χ1v) is 6.39. The summed E-state index contributed by atoms with van der Waals surface area (Å²) in [5.41, 5.74) is 2.91. The second-order valence-corrected chi connectivity index (χ2v) is 4.59. The molecule has 0 bridgehead atoms. The van der Waals surface area contributed by atoms with E-state index in [0.29, 0.717) is 0 Å². The summed E-state index contributed by atoms with van der Waals surface area (Å²) in [4.78, 5) is 2.52. The highest BCUT2D eigenvalue weighted by Crippen LogP contribution is 2.09. The van der Waals surface area contributed by atoms with Crippen LogP contribution in [0.1, 0.15) is 24.5 Å². The lowest BCUT2D eigenvalue weighted by Crippen LogP contribution is -2.42. The molecule has 1 aromatic rings. The minimum absolute atomic E-state index is 1.11. The zero-order chi connectivity index (χ0) is 11.2. The SMILES string of the molecule is CCCc1ccc(CN2CCNCC2)cc1. The number of rotatable bonds is 4. The van der Waals surface area contributed by atoms with Gasteiger partial charge in [0, 0.05) is 32.7 Å². The minimum Gasteiger partial charge on any atom is -0.314 e. The number of nitrogens with one attached hydrogen (secondary N) is 1. The van der Waals surface area contributed by atoms with Crippen LogP contribution >= 0.6 is 0 Å². The molecule has 1 heterocycles. The molecular formula is C14H22N2. The van der Waals surface area contributed by atoms with E-state index in [9.17, 15) is 0 Å². The maximum Gasteiger partial charge on any atom is 0.0234 e. The molecule has 88 valence electrons. The van der Waals surface area contributed by atoms with Crippen molar-refractivity contribution >= 4 is 0 Å². The van der Waals surface area contributed by atoms with Crippen LogP contribution in [0, 0.1) is 0 Å². The molecule has 1 aromatic carbocycles. The fourth-order valence-corrected chi connectivity index (χ4v) is 2.23. The zero-order valence-corrected chi connectivity index (χ0v) is 10.2. The van der Waals surface area contributed by atoms with Gasteiger partial charge in [-0.15, -0.1) is 0 Å². The molecule has 0 saturated carbocycles. The van der Waals surface area contributed by atoms with E-state index in [1.165, 1.54) is 37.1 Å². The Hall–Kier alpha value is -0.860. The molecule has 1 saturated heterocycles. The second-order valence-electron chi connectivity index (χ2n) is 4.59. The van der Waals surface area contributed by atoms with E-state index in [0.717, 1.165) is 19.6 Å². The van der Waals surface area contributed by atoms with Crippen molar-refractivity contribution in [1.29, 1.82) is 0 Å². The molecule has 0 aromatic heterocycles. The molecule has 16 heavy (non-hydrogen) atoms. The summed E-state index contributed by atoms with van der Waals surface area (Å²) in [6, 6.07) is 9.13. The number of nitrogens with zero attached hydrogens (tertiary/aromatic N) is 1. The number of aryl methyl sites for hydroxylation is 1. The van der Waals surface area contributed by atoms with Gasteiger partial charge < -0.3 is 5.32 Å². The number of hydrogen-bond donors (Lipinski definition) is 1. The highest BCUT2D eigenvalue weighted by molar-refractivity contribution is 5.22. The lowest BCUT2D eigenvalue weighted by atomic mass is 10.1. The van der Waals surface area contributed by atoms with Crippen LogP contribution in [0.15, 0.2) is 24.3 Å². The van der Waals surface area contributed by atoms with Gasteiger partial charge in [-0.3, -0.25) is 4.90 Å². The van der Waals surface area contributed by atoms with E-state index in [2.05, 4.69) is 41.4 Å². The zero-order valence-electron chi connectivity index (χ0n) is 10.2. The standard InChI is InChI=1S/C14H22N2/c1-2-3-13-4-6-14(7-5-13)12-16-10-8-15-9-11-16/h4-7,15H,2-3,8-12H2,1H3. The summed E-state index contributed by atoms with van der Waals surface area (Å²) >= 11 is 0. The first-order chi connectivity index (χ1) is 7.88. The Morgan fingerprint density at radius 2 is 1.69 bits per heavy atom. The van der Waals surface area contributed by atoms with Crippen molar-refractivity contribution in [2.24, 2.45) is 0 Å². The Morgan fingerprint density at radius 1 is 1.06 bits per heavy atom. The molecule has 1 aliphatic rings. The molecule has 1 N–H and O–H groups in total. The van der Waals surface area contributed by atoms with Crippen molar-refractivity contribution in [3.05, 3.63) is 35.4 Å². The average Bonchev–Trinajstić information content (AvgIpc) is 2.33. The van der Waals surface area contributed by atoms with Gasteiger partial charge in [0.15, 0.2) is 0 Å². The van der Waals surface area contributed by atoms with E-state index < -0.39 is 0 Å². The Morgan fingerprint density at radius 3 is 2.31 bits per heavy atom. The number of hydrogen-bond acceptors (Lipinski definition) is 2. The molecule has 2 nitrogen and oxygen atoms in total. The van der Waals surface area contributed by atoms with E-state index >= 15 is 0 Å². The molecule has 0 spiro atoms. The van der Waals surface area contributed by atoms with Gasteiger partial charge in [-0.2, -0.15) is 0 Å². The predicted molar refractivity (Wildman–Crippen MR) is 68.6 cm³/mol. The van der Waals surface area contributed by atoms with Crippen molar-refractivity contribution in [3.8, 4) is 0 Å². The van der Waals surface area contributed by atoms with Crippen LogP contribution in [-0.4, -0.2) is 31.1 Å². The van der Waals surface area contributed by atoms with Crippen molar-refractivity contribution in [2.45, 2.75) is 26.3 Å². The van der Waals surface area contributed by atoms with E-state index in [4.69, 9.17) is 0 Å². The topological polar surface area (TPSA) is 15.3 Å². The van der Waals surface area contributed by atoms with Gasteiger partial charge in [0.05, 0.1) is 0 Å². The largest absolute Gasteiger partial charge is 0.314 e. The quantitative estimate of drug-likeness (QED) is 0.832. The lowest BCUT2D eigenvalue weighted by molar-refractivity contribution is 0.233. The summed E-state index contributed by atoms with van der Waals surface area (Å²) in [6.07, 6.45) is 2.44. The minimum atomic E-state index is 1.11. The first kappa shape index (κ1) is 11.6. The maximum absolute atomic E-state index is 3.38. The number of piperazine rings is 1. The van der Waals surface area contributed by atoms with E-state index in [1.807, 2.05) is 0 Å².